The van der Waals surface area contributed by atoms with Gasteiger partial charge in [0.1, 0.15) is 0 Å². The van der Waals surface area contributed by atoms with Crippen LogP contribution in [0.2, 0.25) is 0 Å². The van der Waals surface area contributed by atoms with Gasteiger partial charge in [-0.25, -0.2) is 4.79 Å². The fourth-order valence-electron chi connectivity index (χ4n) is 1.41. The molecule has 0 aliphatic carbocycles. The Morgan fingerprint density at radius 2 is 2.14 bits per heavy atom. The Hall–Kier alpha value is -1.51. The molecule has 3 heteroatoms. The van der Waals surface area contributed by atoms with Crippen molar-refractivity contribution in [1.82, 2.24) is 0 Å². The molecule has 0 bridgehead atoms. The van der Waals surface area contributed by atoms with Gasteiger partial charge >= 0.3 is 5.97 Å². The maximum atomic E-state index is 10.8. The summed E-state index contributed by atoms with van der Waals surface area (Å²) >= 11 is 0. The highest BCUT2D eigenvalue weighted by Crippen LogP contribution is 2.16. The first-order valence-electron chi connectivity index (χ1n) is 4.79. The standard InChI is InChI=1S/C11H15NO2/c1-3-8-7-9(12-4-2)5-6-10(8)11(13)14/h5-7,12H,3-4H2,1-2H3,(H,13,14). The van der Waals surface area contributed by atoms with Gasteiger partial charge < -0.3 is 10.4 Å². The van der Waals surface area contributed by atoms with E-state index in [4.69, 9.17) is 5.11 Å². The molecule has 0 unspecified atom stereocenters. The van der Waals surface area contributed by atoms with Gasteiger partial charge in [0.05, 0.1) is 5.56 Å². The third-order valence-corrected chi connectivity index (χ3v) is 2.10. The van der Waals surface area contributed by atoms with Crippen LogP contribution < -0.4 is 5.32 Å². The molecule has 0 amide bonds. The molecule has 76 valence electrons. The van der Waals surface area contributed by atoms with E-state index in [2.05, 4.69) is 5.32 Å². The molecule has 0 aromatic heterocycles. The normalized spacial score (nSPS) is 9.86. The summed E-state index contributed by atoms with van der Waals surface area (Å²) in [5.74, 6) is -0.857. The highest BCUT2D eigenvalue weighted by Gasteiger charge is 2.08. The van der Waals surface area contributed by atoms with Gasteiger partial charge in [-0.1, -0.05) is 6.92 Å². The lowest BCUT2D eigenvalue weighted by atomic mass is 10.0. The van der Waals surface area contributed by atoms with Gasteiger partial charge in [0.2, 0.25) is 0 Å². The summed E-state index contributed by atoms with van der Waals surface area (Å²) in [5, 5.41) is 12.1. The van der Waals surface area contributed by atoms with Crippen LogP contribution in [0.5, 0.6) is 0 Å². The Morgan fingerprint density at radius 3 is 2.64 bits per heavy atom. The van der Waals surface area contributed by atoms with E-state index >= 15 is 0 Å². The largest absolute Gasteiger partial charge is 0.478 e. The zero-order valence-electron chi connectivity index (χ0n) is 8.50. The molecular weight excluding hydrogens is 178 g/mol. The molecular formula is C11H15NO2. The predicted octanol–water partition coefficient (Wildman–Crippen LogP) is 2.38. The molecule has 0 fully saturated rings. The van der Waals surface area contributed by atoms with Crippen LogP contribution in [0.15, 0.2) is 18.2 Å². The number of hydrogen-bond acceptors (Lipinski definition) is 2. The first-order valence-corrected chi connectivity index (χ1v) is 4.79. The number of nitrogens with one attached hydrogen (secondary N) is 1. The Balaban J connectivity index is 3.05. The summed E-state index contributed by atoms with van der Waals surface area (Å²) in [6, 6.07) is 5.35. The molecule has 0 saturated carbocycles. The fraction of sp³-hybridized carbons (Fsp3) is 0.364. The molecule has 14 heavy (non-hydrogen) atoms. The SMILES string of the molecule is CCNc1ccc(C(=O)O)c(CC)c1. The molecule has 2 N–H and O–H groups in total. The first-order chi connectivity index (χ1) is 6.69. The number of benzene rings is 1. The van der Waals surface area contributed by atoms with Crippen molar-refractivity contribution in [3.05, 3.63) is 29.3 Å². The van der Waals surface area contributed by atoms with Crippen LogP contribution in [-0.4, -0.2) is 17.6 Å². The third kappa shape index (κ3) is 2.25. The number of carbonyl (C=O) groups is 1. The maximum Gasteiger partial charge on any atom is 0.335 e. The smallest absolute Gasteiger partial charge is 0.335 e. The van der Waals surface area contributed by atoms with E-state index in [-0.39, 0.29) is 0 Å². The molecule has 0 aliphatic rings. The van der Waals surface area contributed by atoms with Crippen molar-refractivity contribution in [2.75, 3.05) is 11.9 Å². The number of anilines is 1. The summed E-state index contributed by atoms with van der Waals surface area (Å²) in [6.07, 6.45) is 0.737. The Labute approximate surface area is 83.8 Å². The van der Waals surface area contributed by atoms with Crippen molar-refractivity contribution < 1.29 is 9.90 Å². The van der Waals surface area contributed by atoms with E-state index < -0.39 is 5.97 Å². The molecule has 0 heterocycles. The summed E-state index contributed by atoms with van der Waals surface area (Å²) in [5.41, 5.74) is 2.25. The van der Waals surface area contributed by atoms with E-state index in [1.807, 2.05) is 19.9 Å². The Morgan fingerprint density at radius 1 is 1.43 bits per heavy atom. The molecule has 1 aromatic rings. The number of aromatic carboxylic acids is 1. The Kier molecular flexibility index (Phi) is 3.51. The van der Waals surface area contributed by atoms with Crippen LogP contribution in [0.3, 0.4) is 0 Å². The number of hydrogen-bond donors (Lipinski definition) is 2. The van der Waals surface area contributed by atoms with E-state index in [1.54, 1.807) is 12.1 Å². The van der Waals surface area contributed by atoms with Crippen LogP contribution in [0.25, 0.3) is 0 Å². The van der Waals surface area contributed by atoms with Gasteiger partial charge in [-0.2, -0.15) is 0 Å². The van der Waals surface area contributed by atoms with Crippen molar-refractivity contribution >= 4 is 11.7 Å². The van der Waals surface area contributed by atoms with Gasteiger partial charge in [0, 0.05) is 12.2 Å². The van der Waals surface area contributed by atoms with Gasteiger partial charge in [-0.3, -0.25) is 0 Å². The topological polar surface area (TPSA) is 49.3 Å². The predicted molar refractivity (Wildman–Crippen MR) is 56.9 cm³/mol. The number of carboxylic acid groups (broad SMARTS) is 1. The molecule has 3 nitrogen and oxygen atoms in total. The van der Waals surface area contributed by atoms with Gasteiger partial charge in [0.25, 0.3) is 0 Å². The molecule has 0 aliphatic heterocycles. The molecule has 0 atom stereocenters. The van der Waals surface area contributed by atoms with E-state index in [9.17, 15) is 4.79 Å². The van der Waals surface area contributed by atoms with Gasteiger partial charge in [-0.05, 0) is 37.1 Å². The summed E-state index contributed by atoms with van der Waals surface area (Å²) in [6.45, 7) is 4.81. The van der Waals surface area contributed by atoms with Crippen molar-refractivity contribution in [2.45, 2.75) is 20.3 Å². The van der Waals surface area contributed by atoms with Gasteiger partial charge in [0.15, 0.2) is 0 Å². The first kappa shape index (κ1) is 10.6. The van der Waals surface area contributed by atoms with Crippen molar-refractivity contribution in [3.63, 3.8) is 0 Å². The van der Waals surface area contributed by atoms with Crippen LogP contribution in [0, 0.1) is 0 Å². The van der Waals surface area contributed by atoms with E-state index in [1.165, 1.54) is 0 Å². The average molecular weight is 193 g/mol. The average Bonchev–Trinajstić information content (AvgIpc) is 2.17. The van der Waals surface area contributed by atoms with E-state index in [0.29, 0.717) is 5.56 Å². The lowest BCUT2D eigenvalue weighted by molar-refractivity contribution is 0.0696. The van der Waals surface area contributed by atoms with Crippen LogP contribution >= 0.6 is 0 Å². The minimum Gasteiger partial charge on any atom is -0.478 e. The minimum absolute atomic E-state index is 0.397. The highest BCUT2D eigenvalue weighted by atomic mass is 16.4. The van der Waals surface area contributed by atoms with Crippen LogP contribution in [-0.2, 0) is 6.42 Å². The molecule has 0 radical (unpaired) electrons. The second-order valence-corrected chi connectivity index (χ2v) is 3.06. The molecule has 0 spiro atoms. The summed E-state index contributed by atoms with van der Waals surface area (Å²) in [7, 11) is 0. The summed E-state index contributed by atoms with van der Waals surface area (Å²) in [4.78, 5) is 10.8. The Bertz CT molecular complexity index is 334. The summed E-state index contributed by atoms with van der Waals surface area (Å²) < 4.78 is 0. The van der Waals surface area contributed by atoms with Crippen LogP contribution in [0.1, 0.15) is 29.8 Å². The number of carboxylic acids is 1. The highest BCUT2D eigenvalue weighted by molar-refractivity contribution is 5.90. The maximum absolute atomic E-state index is 10.8. The second-order valence-electron chi connectivity index (χ2n) is 3.06. The second kappa shape index (κ2) is 4.65. The fourth-order valence-corrected chi connectivity index (χ4v) is 1.41. The number of aryl methyl sites for hydroxylation is 1. The van der Waals surface area contributed by atoms with Gasteiger partial charge in [-0.15, -0.1) is 0 Å². The molecule has 1 rings (SSSR count). The molecule has 1 aromatic carbocycles. The zero-order chi connectivity index (χ0) is 10.6. The monoisotopic (exact) mass is 193 g/mol. The quantitative estimate of drug-likeness (QED) is 0.771. The molecule has 0 saturated heterocycles. The van der Waals surface area contributed by atoms with Crippen molar-refractivity contribution in [3.8, 4) is 0 Å². The lowest BCUT2D eigenvalue weighted by Crippen LogP contribution is -2.04. The lowest BCUT2D eigenvalue weighted by Gasteiger charge is -2.07. The minimum atomic E-state index is -0.857. The van der Waals surface area contributed by atoms with Crippen molar-refractivity contribution in [2.24, 2.45) is 0 Å². The zero-order valence-corrected chi connectivity index (χ0v) is 8.50. The van der Waals surface area contributed by atoms with Crippen LogP contribution in [0.4, 0.5) is 5.69 Å². The van der Waals surface area contributed by atoms with E-state index in [0.717, 1.165) is 24.2 Å². The van der Waals surface area contributed by atoms with Crippen molar-refractivity contribution in [1.29, 1.82) is 0 Å². The number of rotatable bonds is 4. The third-order valence-electron chi connectivity index (χ3n) is 2.10.